The number of hydrogen-bond donors (Lipinski definition) is 5. The molecule has 1 aliphatic heterocycles. The first kappa shape index (κ1) is 41.3. The van der Waals surface area contributed by atoms with E-state index in [1.165, 1.54) is 51.9 Å². The molecule has 12 nitrogen and oxygen atoms in total. The van der Waals surface area contributed by atoms with E-state index in [1.54, 1.807) is 27.7 Å². The van der Waals surface area contributed by atoms with Crippen LogP contribution in [0.4, 0.5) is 0 Å². The van der Waals surface area contributed by atoms with E-state index in [0.29, 0.717) is 6.42 Å². The molecular formula is C34H61N3O9. The van der Waals surface area contributed by atoms with Gasteiger partial charge in [0.25, 0.3) is 0 Å². The van der Waals surface area contributed by atoms with Crippen molar-refractivity contribution in [2.24, 2.45) is 17.8 Å². The monoisotopic (exact) mass is 655 g/mol. The quantitative estimate of drug-likeness (QED) is 0.109. The fourth-order valence-electron chi connectivity index (χ4n) is 5.63. The van der Waals surface area contributed by atoms with Crippen LogP contribution in [0.25, 0.3) is 0 Å². The number of unbranched alkanes of at least 4 members (excludes halogenated alkanes) is 10. The Morgan fingerprint density at radius 1 is 0.783 bits per heavy atom. The van der Waals surface area contributed by atoms with E-state index < -0.39 is 84.5 Å². The minimum atomic E-state index is -1.50. The maximum absolute atomic E-state index is 13.5. The molecule has 1 saturated heterocycles. The van der Waals surface area contributed by atoms with Crippen LogP contribution < -0.4 is 16.0 Å². The van der Waals surface area contributed by atoms with Gasteiger partial charge >= 0.3 is 11.9 Å². The number of carbonyl (C=O) groups is 5. The highest BCUT2D eigenvalue weighted by molar-refractivity contribution is 5.94. The first-order valence-electron chi connectivity index (χ1n) is 17.3. The second-order valence-electron chi connectivity index (χ2n) is 13.3. The molecule has 0 spiro atoms. The van der Waals surface area contributed by atoms with Gasteiger partial charge in [0.15, 0.2) is 6.04 Å². The van der Waals surface area contributed by atoms with Crippen molar-refractivity contribution < 1.29 is 43.7 Å². The molecule has 12 heteroatoms. The summed E-state index contributed by atoms with van der Waals surface area (Å²) in [6.45, 7) is 10.8. The van der Waals surface area contributed by atoms with Crippen molar-refractivity contribution in [2.75, 3.05) is 6.61 Å². The van der Waals surface area contributed by atoms with Gasteiger partial charge in [-0.2, -0.15) is 0 Å². The molecule has 0 saturated carbocycles. The highest BCUT2D eigenvalue weighted by Crippen LogP contribution is 2.25. The molecule has 0 aromatic rings. The second-order valence-corrected chi connectivity index (χ2v) is 13.3. The van der Waals surface area contributed by atoms with Gasteiger partial charge in [-0.15, -0.1) is 0 Å². The van der Waals surface area contributed by atoms with Crippen molar-refractivity contribution in [2.45, 2.75) is 162 Å². The average Bonchev–Trinajstić information content (AvgIpc) is 3.00. The Morgan fingerprint density at radius 2 is 1.28 bits per heavy atom. The number of aliphatic hydroxyl groups excluding tert-OH is 2. The molecule has 0 bridgehead atoms. The Morgan fingerprint density at radius 3 is 1.78 bits per heavy atom. The number of nitrogens with one attached hydrogen (secondary N) is 3. The Labute approximate surface area is 275 Å². The van der Waals surface area contributed by atoms with E-state index in [0.717, 1.165) is 32.6 Å². The summed E-state index contributed by atoms with van der Waals surface area (Å²) < 4.78 is 10.8. The average molecular weight is 656 g/mol. The van der Waals surface area contributed by atoms with Crippen molar-refractivity contribution in [3.05, 3.63) is 0 Å². The van der Waals surface area contributed by atoms with E-state index in [4.69, 9.17) is 9.47 Å². The molecular weight excluding hydrogens is 594 g/mol. The lowest BCUT2D eigenvalue weighted by Gasteiger charge is -2.33. The third-order valence-corrected chi connectivity index (χ3v) is 8.75. The summed E-state index contributed by atoms with van der Waals surface area (Å²) in [5.41, 5.74) is 0. The molecule has 0 aromatic heterocycles. The third-order valence-electron chi connectivity index (χ3n) is 8.75. The molecule has 0 aliphatic carbocycles. The van der Waals surface area contributed by atoms with Gasteiger partial charge in [-0.25, -0.2) is 4.79 Å². The molecule has 1 aliphatic rings. The lowest BCUT2D eigenvalue weighted by molar-refractivity contribution is -0.166. The highest BCUT2D eigenvalue weighted by atomic mass is 16.6. The van der Waals surface area contributed by atoms with Gasteiger partial charge < -0.3 is 35.6 Å². The van der Waals surface area contributed by atoms with Crippen LogP contribution in [0.1, 0.15) is 126 Å². The summed E-state index contributed by atoms with van der Waals surface area (Å²) in [6, 6.07) is -4.03. The van der Waals surface area contributed by atoms with E-state index in [1.807, 2.05) is 0 Å². The first-order chi connectivity index (χ1) is 21.7. The van der Waals surface area contributed by atoms with Crippen molar-refractivity contribution in [1.82, 2.24) is 16.0 Å². The van der Waals surface area contributed by atoms with Crippen molar-refractivity contribution in [1.29, 1.82) is 0 Å². The molecule has 8 atom stereocenters. The third kappa shape index (κ3) is 14.8. The van der Waals surface area contributed by atoms with E-state index >= 15 is 0 Å². The number of aliphatic hydroxyl groups is 2. The first-order valence-corrected chi connectivity index (χ1v) is 17.3. The van der Waals surface area contributed by atoms with Crippen molar-refractivity contribution in [3.63, 3.8) is 0 Å². The summed E-state index contributed by atoms with van der Waals surface area (Å²) in [5, 5.41) is 29.0. The van der Waals surface area contributed by atoms with Crippen LogP contribution in [-0.4, -0.2) is 82.9 Å². The van der Waals surface area contributed by atoms with Crippen molar-refractivity contribution >= 4 is 29.7 Å². The summed E-state index contributed by atoms with van der Waals surface area (Å²) in [6.07, 6.45) is 9.87. The SMILES string of the molecule is CCCCCCCCCCCCC[C@@H](O)[C@H](C)[C@H]1OC(=O)C(COC(C)=O)NC(=O)[C@H]([C@@H](C)O)NC(=O)C(C(C)C)NC(=O)[C@@H]1C. The molecule has 266 valence electrons. The zero-order valence-electron chi connectivity index (χ0n) is 29.1. The minimum absolute atomic E-state index is 0.388. The zero-order chi connectivity index (χ0) is 34.8. The number of carbonyl (C=O) groups excluding carboxylic acids is 5. The maximum atomic E-state index is 13.5. The number of rotatable bonds is 18. The summed E-state index contributed by atoms with van der Waals surface area (Å²) in [4.78, 5) is 64.8. The molecule has 46 heavy (non-hydrogen) atoms. The van der Waals surface area contributed by atoms with Crippen LogP contribution in [0.5, 0.6) is 0 Å². The van der Waals surface area contributed by atoms with Crippen LogP contribution in [0, 0.1) is 17.8 Å². The van der Waals surface area contributed by atoms with Crippen LogP contribution >= 0.6 is 0 Å². The van der Waals surface area contributed by atoms with E-state index in [9.17, 15) is 34.2 Å². The van der Waals surface area contributed by atoms with Gasteiger partial charge in [0, 0.05) is 12.8 Å². The fourth-order valence-corrected chi connectivity index (χ4v) is 5.63. The Hall–Kier alpha value is -2.73. The van der Waals surface area contributed by atoms with Gasteiger partial charge in [0.2, 0.25) is 17.7 Å². The molecule has 1 fully saturated rings. The van der Waals surface area contributed by atoms with Gasteiger partial charge in [0.1, 0.15) is 24.8 Å². The predicted molar refractivity (Wildman–Crippen MR) is 174 cm³/mol. The Bertz CT molecular complexity index is 958. The van der Waals surface area contributed by atoms with Crippen LogP contribution in [0.3, 0.4) is 0 Å². The molecule has 0 radical (unpaired) electrons. The summed E-state index contributed by atoms with van der Waals surface area (Å²) >= 11 is 0. The number of hydrogen-bond acceptors (Lipinski definition) is 9. The van der Waals surface area contributed by atoms with Crippen molar-refractivity contribution in [3.8, 4) is 0 Å². The molecule has 3 amide bonds. The number of cyclic esters (lactones) is 1. The minimum Gasteiger partial charge on any atom is -0.463 e. The molecule has 1 rings (SSSR count). The standard InChI is InChI=1S/C34H61N3O9/c1-8-9-10-11-12-13-14-15-16-17-18-19-27(40)22(4)30-23(5)31(41)36-28(21(2)3)32(42)37-29(24(6)38)33(43)35-26(34(44)46-30)20-45-25(7)39/h21-24,26-30,38,40H,8-20H2,1-7H3,(H,35,43)(H,36,41)(H,37,42)/t22-,23+,24+,26?,27+,28?,29-,30+/m0/s1. The van der Waals surface area contributed by atoms with Gasteiger partial charge in [-0.05, 0) is 19.3 Å². The van der Waals surface area contributed by atoms with Crippen LogP contribution in [0.15, 0.2) is 0 Å². The molecule has 0 aromatic carbocycles. The number of ether oxygens (including phenoxy) is 2. The van der Waals surface area contributed by atoms with E-state index in [2.05, 4.69) is 22.9 Å². The van der Waals surface area contributed by atoms with E-state index in [-0.39, 0.29) is 5.92 Å². The highest BCUT2D eigenvalue weighted by Gasteiger charge is 2.41. The normalized spacial score (nSPS) is 25.1. The predicted octanol–water partition coefficient (Wildman–Crippen LogP) is 3.30. The second kappa shape index (κ2) is 22.0. The van der Waals surface area contributed by atoms with Gasteiger partial charge in [-0.1, -0.05) is 105 Å². The molecule has 5 N–H and O–H groups in total. The molecule has 1 heterocycles. The maximum Gasteiger partial charge on any atom is 0.332 e. The largest absolute Gasteiger partial charge is 0.463 e. The number of esters is 2. The van der Waals surface area contributed by atoms with Gasteiger partial charge in [-0.3, -0.25) is 19.2 Å². The van der Waals surface area contributed by atoms with Crippen LogP contribution in [0.2, 0.25) is 0 Å². The summed E-state index contributed by atoms with van der Waals surface area (Å²) in [5.74, 6) is -5.92. The fraction of sp³-hybridized carbons (Fsp3) is 0.853. The Kier molecular flexibility index (Phi) is 19.7. The topological polar surface area (TPSA) is 180 Å². The molecule has 2 unspecified atom stereocenters. The van der Waals surface area contributed by atoms with Crippen LogP contribution in [-0.2, 0) is 33.4 Å². The smallest absolute Gasteiger partial charge is 0.332 e. The lowest BCUT2D eigenvalue weighted by Crippen LogP contribution is -2.60. The summed E-state index contributed by atoms with van der Waals surface area (Å²) in [7, 11) is 0. The zero-order valence-corrected chi connectivity index (χ0v) is 29.1. The Balaban J connectivity index is 3.08. The number of amides is 3. The lowest BCUT2D eigenvalue weighted by atomic mass is 9.86. The van der Waals surface area contributed by atoms with Gasteiger partial charge in [0.05, 0.1) is 18.1 Å².